The van der Waals surface area contributed by atoms with Crippen LogP contribution in [0.5, 0.6) is 0 Å². The molecule has 1 aliphatic carbocycles. The second kappa shape index (κ2) is 7.55. The zero-order valence-corrected chi connectivity index (χ0v) is 16.3. The highest BCUT2D eigenvalue weighted by Gasteiger charge is 2.43. The molecule has 1 saturated heterocycles. The minimum atomic E-state index is -0.413. The number of imidazole rings is 1. The monoisotopic (exact) mass is 391 g/mol. The first-order valence-corrected chi connectivity index (χ1v) is 10.3. The van der Waals surface area contributed by atoms with Crippen molar-refractivity contribution in [3.8, 4) is 0 Å². The van der Waals surface area contributed by atoms with Crippen LogP contribution in [-0.4, -0.2) is 54.6 Å². The Bertz CT molecular complexity index is 1000. The smallest absolute Gasteiger partial charge is 0.222 e. The summed E-state index contributed by atoms with van der Waals surface area (Å²) < 4.78 is 2.12. The van der Waals surface area contributed by atoms with E-state index in [0.29, 0.717) is 24.7 Å². The van der Waals surface area contributed by atoms with Crippen molar-refractivity contribution in [2.75, 3.05) is 13.1 Å². The SMILES string of the molecule is O=C(CCc1cnccn1)N1C[C@H]2C[C@@H](n3cnc4ccccc43)[C@H](O)C[C@H]2C1. The van der Waals surface area contributed by atoms with Gasteiger partial charge >= 0.3 is 0 Å². The Morgan fingerprint density at radius 3 is 2.76 bits per heavy atom. The number of para-hydroxylation sites is 2. The fourth-order valence-electron chi connectivity index (χ4n) is 5.00. The highest BCUT2D eigenvalue weighted by atomic mass is 16.3. The summed E-state index contributed by atoms with van der Waals surface area (Å²) in [5.74, 6) is 0.964. The second-order valence-electron chi connectivity index (χ2n) is 8.26. The van der Waals surface area contributed by atoms with E-state index < -0.39 is 6.10 Å². The molecule has 29 heavy (non-hydrogen) atoms. The van der Waals surface area contributed by atoms with Crippen LogP contribution in [0.4, 0.5) is 0 Å². The quantitative estimate of drug-likeness (QED) is 0.737. The lowest BCUT2D eigenvalue weighted by molar-refractivity contribution is -0.130. The van der Waals surface area contributed by atoms with Crippen LogP contribution >= 0.6 is 0 Å². The van der Waals surface area contributed by atoms with Crippen LogP contribution in [0.25, 0.3) is 11.0 Å². The minimum Gasteiger partial charge on any atom is -0.391 e. The molecule has 1 N–H and O–H groups in total. The van der Waals surface area contributed by atoms with E-state index in [-0.39, 0.29) is 11.9 Å². The average Bonchev–Trinajstić information content (AvgIpc) is 3.36. The maximum atomic E-state index is 12.7. The molecule has 7 heteroatoms. The number of amides is 1. The maximum Gasteiger partial charge on any atom is 0.222 e. The highest BCUT2D eigenvalue weighted by molar-refractivity contribution is 5.77. The third-order valence-electron chi connectivity index (χ3n) is 6.51. The van der Waals surface area contributed by atoms with Crippen LogP contribution in [-0.2, 0) is 11.2 Å². The number of aryl methyl sites for hydroxylation is 1. The van der Waals surface area contributed by atoms with E-state index >= 15 is 0 Å². The summed E-state index contributed by atoms with van der Waals surface area (Å²) in [5, 5.41) is 10.9. The first kappa shape index (κ1) is 18.2. The number of hydrogen-bond donors (Lipinski definition) is 1. The number of benzene rings is 1. The molecule has 7 nitrogen and oxygen atoms in total. The number of aliphatic hydroxyl groups is 1. The van der Waals surface area contributed by atoms with Crippen molar-refractivity contribution in [3.05, 3.63) is 54.9 Å². The molecule has 0 bridgehead atoms. The Labute approximate surface area is 169 Å². The molecule has 5 rings (SSSR count). The third kappa shape index (κ3) is 3.51. The Balaban J connectivity index is 1.26. The highest BCUT2D eigenvalue weighted by Crippen LogP contribution is 2.42. The van der Waals surface area contributed by atoms with Crippen molar-refractivity contribution in [2.24, 2.45) is 11.8 Å². The molecule has 1 aromatic carbocycles. The largest absolute Gasteiger partial charge is 0.391 e. The van der Waals surface area contributed by atoms with Gasteiger partial charge in [0.15, 0.2) is 0 Å². The van der Waals surface area contributed by atoms with Gasteiger partial charge in [0.25, 0.3) is 0 Å². The molecular weight excluding hydrogens is 366 g/mol. The number of fused-ring (bicyclic) bond motifs is 2. The zero-order valence-electron chi connectivity index (χ0n) is 16.3. The molecule has 150 valence electrons. The Morgan fingerprint density at radius 2 is 1.93 bits per heavy atom. The summed E-state index contributed by atoms with van der Waals surface area (Å²) in [6.07, 6.45) is 9.12. The number of aliphatic hydroxyl groups excluding tert-OH is 1. The van der Waals surface area contributed by atoms with Crippen molar-refractivity contribution >= 4 is 16.9 Å². The summed E-state index contributed by atoms with van der Waals surface area (Å²) in [6, 6.07) is 8.05. The van der Waals surface area contributed by atoms with Gasteiger partial charge < -0.3 is 14.6 Å². The van der Waals surface area contributed by atoms with Gasteiger partial charge in [0.2, 0.25) is 5.91 Å². The van der Waals surface area contributed by atoms with Crippen LogP contribution in [0.1, 0.15) is 31.0 Å². The topological polar surface area (TPSA) is 84.1 Å². The molecular formula is C22H25N5O2. The van der Waals surface area contributed by atoms with Gasteiger partial charge in [-0.2, -0.15) is 0 Å². The van der Waals surface area contributed by atoms with Gasteiger partial charge in [0.05, 0.1) is 35.2 Å². The van der Waals surface area contributed by atoms with E-state index in [2.05, 4.69) is 25.6 Å². The van der Waals surface area contributed by atoms with Gasteiger partial charge in [0, 0.05) is 38.1 Å². The second-order valence-corrected chi connectivity index (χ2v) is 8.26. The third-order valence-corrected chi connectivity index (χ3v) is 6.51. The molecule has 2 fully saturated rings. The predicted octanol–water partition coefficient (Wildman–Crippen LogP) is 2.23. The minimum absolute atomic E-state index is 0.0123. The van der Waals surface area contributed by atoms with Gasteiger partial charge in [-0.15, -0.1) is 0 Å². The fourth-order valence-corrected chi connectivity index (χ4v) is 5.00. The molecule has 3 heterocycles. The number of rotatable bonds is 4. The molecule has 1 amide bonds. The van der Waals surface area contributed by atoms with E-state index in [1.807, 2.05) is 29.4 Å². The molecule has 2 aromatic heterocycles. The lowest BCUT2D eigenvalue weighted by Crippen LogP contribution is -2.36. The lowest BCUT2D eigenvalue weighted by atomic mass is 9.77. The van der Waals surface area contributed by atoms with Crippen LogP contribution in [0.2, 0.25) is 0 Å². The molecule has 3 aromatic rings. The number of nitrogens with zero attached hydrogens (tertiary/aromatic N) is 5. The van der Waals surface area contributed by atoms with E-state index in [0.717, 1.165) is 42.7 Å². The number of carbonyl (C=O) groups excluding carboxylic acids is 1. The van der Waals surface area contributed by atoms with Crippen molar-refractivity contribution in [2.45, 2.75) is 37.8 Å². The summed E-state index contributed by atoms with van der Waals surface area (Å²) in [7, 11) is 0. The first-order valence-electron chi connectivity index (χ1n) is 10.3. The van der Waals surface area contributed by atoms with Crippen LogP contribution < -0.4 is 0 Å². The predicted molar refractivity (Wildman–Crippen MR) is 108 cm³/mol. The number of likely N-dealkylation sites (tertiary alicyclic amines) is 1. The van der Waals surface area contributed by atoms with Crippen molar-refractivity contribution in [3.63, 3.8) is 0 Å². The molecule has 4 atom stereocenters. The van der Waals surface area contributed by atoms with E-state index in [1.165, 1.54) is 0 Å². The summed E-state index contributed by atoms with van der Waals surface area (Å²) >= 11 is 0. The molecule has 2 aliphatic rings. The van der Waals surface area contributed by atoms with Gasteiger partial charge in [-0.25, -0.2) is 4.98 Å². The zero-order chi connectivity index (χ0) is 19.8. The first-order chi connectivity index (χ1) is 14.2. The normalized spacial score (nSPS) is 26.6. The van der Waals surface area contributed by atoms with E-state index in [9.17, 15) is 9.90 Å². The average molecular weight is 391 g/mol. The standard InChI is InChI=1S/C22H25N5O2/c28-21-10-16-13-26(22(29)6-5-17-11-23-7-8-24-17)12-15(16)9-20(21)27-14-25-18-3-1-2-4-19(18)27/h1-4,7-8,11,14-16,20-21,28H,5-6,9-10,12-13H2/t15-,16+,20-,21-/m1/s1. The molecule has 0 unspecified atom stereocenters. The van der Waals surface area contributed by atoms with Crippen LogP contribution in [0, 0.1) is 11.8 Å². The lowest BCUT2D eigenvalue weighted by Gasteiger charge is -2.36. The summed E-state index contributed by atoms with van der Waals surface area (Å²) in [4.78, 5) is 27.5. The molecule has 1 saturated carbocycles. The van der Waals surface area contributed by atoms with Gasteiger partial charge in [-0.1, -0.05) is 12.1 Å². The molecule has 0 spiro atoms. The van der Waals surface area contributed by atoms with Gasteiger partial charge in [-0.3, -0.25) is 14.8 Å². The van der Waals surface area contributed by atoms with Crippen molar-refractivity contribution < 1.29 is 9.90 Å². The number of hydrogen-bond acceptors (Lipinski definition) is 5. The Morgan fingerprint density at radius 1 is 1.10 bits per heavy atom. The number of carbonyl (C=O) groups is 1. The van der Waals surface area contributed by atoms with E-state index in [1.54, 1.807) is 18.6 Å². The van der Waals surface area contributed by atoms with Crippen LogP contribution in [0.3, 0.4) is 0 Å². The molecule has 0 radical (unpaired) electrons. The number of aromatic nitrogens is 4. The maximum absolute atomic E-state index is 12.7. The van der Waals surface area contributed by atoms with Crippen LogP contribution in [0.15, 0.2) is 49.2 Å². The van der Waals surface area contributed by atoms with Gasteiger partial charge in [-0.05, 0) is 43.2 Å². The van der Waals surface area contributed by atoms with Crippen molar-refractivity contribution in [1.29, 1.82) is 0 Å². The Kier molecular flexibility index (Phi) is 4.75. The van der Waals surface area contributed by atoms with Gasteiger partial charge in [0.1, 0.15) is 0 Å². The summed E-state index contributed by atoms with van der Waals surface area (Å²) in [5.41, 5.74) is 2.86. The molecule has 1 aliphatic heterocycles. The fraction of sp³-hybridized carbons (Fsp3) is 0.455. The van der Waals surface area contributed by atoms with E-state index in [4.69, 9.17) is 0 Å². The summed E-state index contributed by atoms with van der Waals surface area (Å²) in [6.45, 7) is 1.53. The Hall–Kier alpha value is -2.80. The van der Waals surface area contributed by atoms with Crippen molar-refractivity contribution in [1.82, 2.24) is 24.4 Å².